The van der Waals surface area contributed by atoms with E-state index in [2.05, 4.69) is 31.1 Å². The van der Waals surface area contributed by atoms with Crippen molar-refractivity contribution in [3.63, 3.8) is 0 Å². The summed E-state index contributed by atoms with van der Waals surface area (Å²) in [5, 5.41) is 16.6. The topological polar surface area (TPSA) is 97.2 Å². The molecule has 0 spiro atoms. The molecule has 0 saturated carbocycles. The molecule has 1 unspecified atom stereocenters. The number of benzene rings is 1. The summed E-state index contributed by atoms with van der Waals surface area (Å²) < 4.78 is 20.7. The number of hydrogen-bond donors (Lipinski definition) is 2. The molecule has 2 amide bonds. The lowest BCUT2D eigenvalue weighted by Crippen LogP contribution is -2.47. The summed E-state index contributed by atoms with van der Waals surface area (Å²) in [7, 11) is 0. The Morgan fingerprint density at radius 2 is 2.15 bits per heavy atom. The number of nitrogens with zero attached hydrogens (tertiary/aromatic N) is 5. The third-order valence-electron chi connectivity index (χ3n) is 4.07. The van der Waals surface area contributed by atoms with Crippen molar-refractivity contribution in [2.24, 2.45) is 0 Å². The molecule has 3 rings (SSSR count). The molecule has 2 heterocycles. The average molecular weight is 363 g/mol. The van der Waals surface area contributed by atoms with Crippen LogP contribution in [-0.4, -0.2) is 70.0 Å². The smallest absolute Gasteiger partial charge is 0.319 e. The van der Waals surface area contributed by atoms with Gasteiger partial charge in [0.2, 0.25) is 0 Å². The largest absolute Gasteiger partial charge is 0.379 e. The highest BCUT2D eigenvalue weighted by Gasteiger charge is 2.16. The summed E-state index contributed by atoms with van der Waals surface area (Å²) in [4.78, 5) is 14.4. The summed E-state index contributed by atoms with van der Waals surface area (Å²) in [6.45, 7) is 7.51. The van der Waals surface area contributed by atoms with Crippen LogP contribution in [0.3, 0.4) is 0 Å². The molecule has 1 aliphatic heterocycles. The number of carbonyl (C=O) groups excluding carboxylic acids is 1. The normalized spacial score (nSPS) is 16.3. The van der Waals surface area contributed by atoms with E-state index in [1.54, 1.807) is 6.92 Å². The summed E-state index contributed by atoms with van der Waals surface area (Å²) in [6, 6.07) is 3.87. The van der Waals surface area contributed by atoms with E-state index in [0.717, 1.165) is 19.6 Å². The van der Waals surface area contributed by atoms with Gasteiger partial charge in [-0.2, -0.15) is 4.68 Å². The zero-order valence-corrected chi connectivity index (χ0v) is 14.8. The predicted molar refractivity (Wildman–Crippen MR) is 92.7 cm³/mol. The summed E-state index contributed by atoms with van der Waals surface area (Å²) in [5.74, 6) is -0.0309. The lowest BCUT2D eigenvalue weighted by molar-refractivity contribution is 0.0350. The Balaban J connectivity index is 1.59. The number of aromatic nitrogens is 4. The van der Waals surface area contributed by atoms with Crippen LogP contribution in [0.25, 0.3) is 5.69 Å². The van der Waals surface area contributed by atoms with Crippen LogP contribution in [0.15, 0.2) is 18.2 Å². The number of aryl methyl sites for hydroxylation is 1. The molecule has 0 aliphatic carbocycles. The molecule has 2 aromatic rings. The summed E-state index contributed by atoms with van der Waals surface area (Å²) >= 11 is 0. The molecule has 1 aromatic heterocycles. The lowest BCUT2D eigenvalue weighted by atomic mass is 10.2. The van der Waals surface area contributed by atoms with Crippen molar-refractivity contribution in [1.82, 2.24) is 30.4 Å². The molecule has 2 N–H and O–H groups in total. The van der Waals surface area contributed by atoms with Crippen LogP contribution in [0, 0.1) is 12.7 Å². The van der Waals surface area contributed by atoms with Gasteiger partial charge in [-0.05, 0) is 42.5 Å². The second kappa shape index (κ2) is 8.19. The highest BCUT2D eigenvalue weighted by molar-refractivity contribution is 5.89. The van der Waals surface area contributed by atoms with Crippen LogP contribution < -0.4 is 10.6 Å². The van der Waals surface area contributed by atoms with Crippen LogP contribution in [0.5, 0.6) is 0 Å². The number of carbonyl (C=O) groups is 1. The molecule has 1 atom stereocenters. The first-order valence-electron chi connectivity index (χ1n) is 8.45. The number of ether oxygens (including phenoxy) is 1. The summed E-state index contributed by atoms with van der Waals surface area (Å²) in [6.07, 6.45) is 0. The van der Waals surface area contributed by atoms with Crippen LogP contribution in [-0.2, 0) is 4.74 Å². The number of rotatable bonds is 5. The fourth-order valence-electron chi connectivity index (χ4n) is 2.81. The van der Waals surface area contributed by atoms with Crippen LogP contribution in [0.2, 0.25) is 0 Å². The number of tetrazole rings is 1. The first-order chi connectivity index (χ1) is 12.5. The maximum Gasteiger partial charge on any atom is 0.319 e. The van der Waals surface area contributed by atoms with Gasteiger partial charge in [-0.25, -0.2) is 9.18 Å². The molecular weight excluding hydrogens is 341 g/mol. The van der Waals surface area contributed by atoms with Gasteiger partial charge >= 0.3 is 6.03 Å². The van der Waals surface area contributed by atoms with Gasteiger partial charge in [0, 0.05) is 31.4 Å². The third kappa shape index (κ3) is 4.52. The minimum atomic E-state index is -0.480. The van der Waals surface area contributed by atoms with E-state index in [1.165, 1.54) is 22.9 Å². The van der Waals surface area contributed by atoms with E-state index in [9.17, 15) is 9.18 Å². The quantitative estimate of drug-likeness (QED) is 0.821. The first kappa shape index (κ1) is 18.2. The highest BCUT2D eigenvalue weighted by Crippen LogP contribution is 2.18. The Labute approximate surface area is 150 Å². The van der Waals surface area contributed by atoms with Crippen LogP contribution in [0.1, 0.15) is 12.7 Å². The molecule has 26 heavy (non-hydrogen) atoms. The Bertz CT molecular complexity index is 761. The van der Waals surface area contributed by atoms with Gasteiger partial charge in [0.25, 0.3) is 0 Å². The van der Waals surface area contributed by atoms with Gasteiger partial charge < -0.3 is 15.4 Å². The molecule has 10 heteroatoms. The minimum Gasteiger partial charge on any atom is -0.379 e. The van der Waals surface area contributed by atoms with E-state index in [4.69, 9.17) is 4.74 Å². The Hall–Kier alpha value is -2.59. The van der Waals surface area contributed by atoms with Gasteiger partial charge in [-0.1, -0.05) is 0 Å². The maximum atomic E-state index is 14.1. The lowest BCUT2D eigenvalue weighted by Gasteiger charge is -2.29. The van der Waals surface area contributed by atoms with Gasteiger partial charge in [-0.15, -0.1) is 5.10 Å². The average Bonchev–Trinajstić information content (AvgIpc) is 3.03. The zero-order valence-electron chi connectivity index (χ0n) is 14.8. The fraction of sp³-hybridized carbons (Fsp3) is 0.500. The van der Waals surface area contributed by atoms with E-state index in [-0.39, 0.29) is 17.8 Å². The van der Waals surface area contributed by atoms with Crippen molar-refractivity contribution in [3.8, 4) is 5.69 Å². The molecule has 1 aromatic carbocycles. The van der Waals surface area contributed by atoms with Crippen molar-refractivity contribution >= 4 is 11.7 Å². The molecule has 0 bridgehead atoms. The Morgan fingerprint density at radius 1 is 1.38 bits per heavy atom. The minimum absolute atomic E-state index is 0.0326. The highest BCUT2D eigenvalue weighted by atomic mass is 19.1. The number of nitrogens with one attached hydrogen (secondary N) is 2. The van der Waals surface area contributed by atoms with Crippen molar-refractivity contribution in [3.05, 3.63) is 29.8 Å². The Kier molecular flexibility index (Phi) is 5.74. The van der Waals surface area contributed by atoms with Crippen LogP contribution in [0.4, 0.5) is 14.9 Å². The van der Waals surface area contributed by atoms with Gasteiger partial charge in [0.15, 0.2) is 5.82 Å². The maximum absolute atomic E-state index is 14.1. The number of halogens is 1. The standard InChI is InChI=1S/C16H22FN7O2/c1-11(10-23-5-7-26-8-6-23)18-16(25)19-13-3-4-14(17)15(9-13)24-12(2)20-21-22-24/h3-4,9,11H,5-8,10H2,1-2H3,(H2,18,19,25). The Morgan fingerprint density at radius 3 is 2.85 bits per heavy atom. The summed E-state index contributed by atoms with van der Waals surface area (Å²) in [5.41, 5.74) is 0.624. The van der Waals surface area contributed by atoms with E-state index in [0.29, 0.717) is 24.7 Å². The van der Waals surface area contributed by atoms with E-state index in [1.807, 2.05) is 6.92 Å². The van der Waals surface area contributed by atoms with Crippen molar-refractivity contribution in [1.29, 1.82) is 0 Å². The number of amides is 2. The molecule has 1 saturated heterocycles. The number of hydrogen-bond acceptors (Lipinski definition) is 6. The van der Waals surface area contributed by atoms with Crippen molar-refractivity contribution in [2.75, 3.05) is 38.2 Å². The van der Waals surface area contributed by atoms with Gasteiger partial charge in [0.05, 0.1) is 13.2 Å². The van der Waals surface area contributed by atoms with E-state index >= 15 is 0 Å². The second-order valence-corrected chi connectivity index (χ2v) is 6.22. The molecule has 1 fully saturated rings. The molecule has 9 nitrogen and oxygen atoms in total. The fourth-order valence-corrected chi connectivity index (χ4v) is 2.81. The third-order valence-corrected chi connectivity index (χ3v) is 4.07. The van der Waals surface area contributed by atoms with Gasteiger partial charge in [-0.3, -0.25) is 4.90 Å². The SMILES string of the molecule is Cc1nnnn1-c1cc(NC(=O)NC(C)CN2CCOCC2)ccc1F. The molecule has 140 valence electrons. The van der Waals surface area contributed by atoms with E-state index < -0.39 is 5.82 Å². The van der Waals surface area contributed by atoms with Gasteiger partial charge in [0.1, 0.15) is 11.5 Å². The van der Waals surface area contributed by atoms with Crippen molar-refractivity contribution < 1.29 is 13.9 Å². The van der Waals surface area contributed by atoms with Crippen molar-refractivity contribution in [2.45, 2.75) is 19.9 Å². The first-order valence-corrected chi connectivity index (χ1v) is 8.45. The molecule has 1 aliphatic rings. The zero-order chi connectivity index (χ0) is 18.5. The molecule has 0 radical (unpaired) electrons. The van der Waals surface area contributed by atoms with Crippen LogP contribution >= 0.6 is 0 Å². The monoisotopic (exact) mass is 363 g/mol. The second-order valence-electron chi connectivity index (χ2n) is 6.22. The predicted octanol–water partition coefficient (Wildman–Crippen LogP) is 0.952. The number of anilines is 1. The number of morpholine rings is 1. The molecular formula is C16H22FN7O2. The number of urea groups is 1.